The smallest absolute Gasteiger partial charge is 0.261 e. The van der Waals surface area contributed by atoms with E-state index in [1.54, 1.807) is 24.3 Å². The van der Waals surface area contributed by atoms with Crippen LogP contribution in [0.15, 0.2) is 71.5 Å². The van der Waals surface area contributed by atoms with Gasteiger partial charge in [-0.3, -0.25) is 14.4 Å². The summed E-state index contributed by atoms with van der Waals surface area (Å²) >= 11 is 0. The van der Waals surface area contributed by atoms with E-state index in [1.165, 1.54) is 6.07 Å². The van der Waals surface area contributed by atoms with Crippen molar-refractivity contribution in [2.24, 2.45) is 0 Å². The standard InChI is InChI=1S/C22H18N2O3/c25-20-12-15(14-7-3-1-4-8-14)11-19-17(20)13-18(22(27)24-19)21(26)23-16-9-5-2-6-10-16/h1-10,13,15H,11-12H2,(H,23,26)(H,24,27)/t15-/m1/s1. The molecular weight excluding hydrogens is 340 g/mol. The minimum Gasteiger partial charge on any atom is -0.325 e. The van der Waals surface area contributed by atoms with Gasteiger partial charge in [0, 0.05) is 23.4 Å². The third-order valence-electron chi connectivity index (χ3n) is 4.85. The lowest BCUT2D eigenvalue weighted by atomic mass is 9.81. The first-order valence-electron chi connectivity index (χ1n) is 8.82. The monoisotopic (exact) mass is 358 g/mol. The van der Waals surface area contributed by atoms with Crippen LogP contribution < -0.4 is 10.9 Å². The zero-order chi connectivity index (χ0) is 18.8. The summed E-state index contributed by atoms with van der Waals surface area (Å²) in [6.07, 6.45) is 0.934. The minimum absolute atomic E-state index is 0.0332. The molecule has 0 fully saturated rings. The van der Waals surface area contributed by atoms with E-state index in [1.807, 2.05) is 36.4 Å². The summed E-state index contributed by atoms with van der Waals surface area (Å²) < 4.78 is 0. The number of carbonyl (C=O) groups excluding carboxylic acids is 2. The highest BCUT2D eigenvalue weighted by molar-refractivity contribution is 6.06. The van der Waals surface area contributed by atoms with Gasteiger partial charge in [-0.25, -0.2) is 0 Å². The first kappa shape index (κ1) is 17.0. The van der Waals surface area contributed by atoms with Crippen molar-refractivity contribution in [1.82, 2.24) is 4.98 Å². The van der Waals surface area contributed by atoms with Crippen molar-refractivity contribution < 1.29 is 9.59 Å². The first-order valence-corrected chi connectivity index (χ1v) is 8.82. The molecule has 0 saturated heterocycles. The Balaban J connectivity index is 1.64. The number of hydrogen-bond acceptors (Lipinski definition) is 3. The van der Waals surface area contributed by atoms with Gasteiger partial charge in [-0.05, 0) is 36.1 Å². The van der Waals surface area contributed by atoms with E-state index < -0.39 is 11.5 Å². The Kier molecular flexibility index (Phi) is 4.42. The van der Waals surface area contributed by atoms with E-state index >= 15 is 0 Å². The van der Waals surface area contributed by atoms with Gasteiger partial charge in [-0.1, -0.05) is 48.5 Å². The number of hydrogen-bond donors (Lipinski definition) is 2. The number of anilines is 1. The van der Waals surface area contributed by atoms with Crippen molar-refractivity contribution in [3.05, 3.63) is 99.5 Å². The number of aromatic nitrogens is 1. The highest BCUT2D eigenvalue weighted by atomic mass is 16.2. The summed E-state index contributed by atoms with van der Waals surface area (Å²) in [5.74, 6) is -0.552. The Morgan fingerprint density at radius 2 is 1.59 bits per heavy atom. The maximum atomic E-state index is 12.7. The molecular formula is C22H18N2O3. The largest absolute Gasteiger partial charge is 0.325 e. The van der Waals surface area contributed by atoms with Gasteiger partial charge < -0.3 is 10.3 Å². The number of benzene rings is 2. The van der Waals surface area contributed by atoms with Crippen LogP contribution in [0.1, 0.15) is 44.3 Å². The SMILES string of the molecule is O=C1C[C@H](c2ccccc2)Cc2[nH]c(=O)c(C(=O)Nc3ccccc3)cc21. The van der Waals surface area contributed by atoms with Crippen LogP contribution >= 0.6 is 0 Å². The Morgan fingerprint density at radius 3 is 2.30 bits per heavy atom. The molecule has 0 bridgehead atoms. The average molecular weight is 358 g/mol. The molecule has 1 amide bonds. The molecule has 0 saturated carbocycles. The molecule has 5 nitrogen and oxygen atoms in total. The third-order valence-corrected chi connectivity index (χ3v) is 4.85. The summed E-state index contributed by atoms with van der Waals surface area (Å²) in [6, 6.07) is 20.1. The van der Waals surface area contributed by atoms with Gasteiger partial charge in [-0.15, -0.1) is 0 Å². The molecule has 1 atom stereocenters. The number of ketones is 1. The molecule has 3 aromatic rings. The molecule has 5 heteroatoms. The lowest BCUT2D eigenvalue weighted by Crippen LogP contribution is -2.29. The van der Waals surface area contributed by atoms with Gasteiger partial charge in [0.15, 0.2) is 5.78 Å². The number of carbonyl (C=O) groups is 2. The number of aromatic amines is 1. The predicted molar refractivity (Wildman–Crippen MR) is 103 cm³/mol. The van der Waals surface area contributed by atoms with Crippen molar-refractivity contribution >= 4 is 17.4 Å². The second-order valence-electron chi connectivity index (χ2n) is 6.66. The Labute approximate surface area is 156 Å². The number of amides is 1. The molecule has 0 aliphatic heterocycles. The van der Waals surface area contributed by atoms with E-state index in [4.69, 9.17) is 0 Å². The summed E-state index contributed by atoms with van der Waals surface area (Å²) in [5.41, 5.74) is 2.16. The van der Waals surface area contributed by atoms with Crippen molar-refractivity contribution in [2.45, 2.75) is 18.8 Å². The molecule has 0 spiro atoms. The minimum atomic E-state index is -0.525. The van der Waals surface area contributed by atoms with E-state index in [9.17, 15) is 14.4 Å². The van der Waals surface area contributed by atoms with Gasteiger partial charge in [0.1, 0.15) is 5.56 Å². The molecule has 2 N–H and O–H groups in total. The molecule has 1 aliphatic rings. The van der Waals surface area contributed by atoms with E-state index in [0.717, 1.165) is 5.56 Å². The Bertz CT molecular complexity index is 1060. The van der Waals surface area contributed by atoms with Gasteiger partial charge in [0.2, 0.25) is 0 Å². The lowest BCUT2D eigenvalue weighted by molar-refractivity contribution is 0.0963. The van der Waals surface area contributed by atoms with Crippen molar-refractivity contribution in [3.63, 3.8) is 0 Å². The maximum absolute atomic E-state index is 12.7. The van der Waals surface area contributed by atoms with Crippen molar-refractivity contribution in [1.29, 1.82) is 0 Å². The summed E-state index contributed by atoms with van der Waals surface area (Å²) in [6.45, 7) is 0. The van der Waals surface area contributed by atoms with Gasteiger partial charge in [0.25, 0.3) is 11.5 Å². The maximum Gasteiger partial charge on any atom is 0.261 e. The predicted octanol–water partition coefficient (Wildman–Crippen LogP) is 3.54. The van der Waals surface area contributed by atoms with E-state index in [0.29, 0.717) is 29.8 Å². The van der Waals surface area contributed by atoms with Gasteiger partial charge in [-0.2, -0.15) is 0 Å². The van der Waals surface area contributed by atoms with Crippen LogP contribution in [0.25, 0.3) is 0 Å². The normalized spacial score (nSPS) is 15.9. The van der Waals surface area contributed by atoms with Crippen LogP contribution in [0.3, 0.4) is 0 Å². The number of fused-ring (bicyclic) bond motifs is 1. The number of H-pyrrole nitrogens is 1. The molecule has 4 rings (SSSR count). The van der Waals surface area contributed by atoms with Crippen LogP contribution in [0.2, 0.25) is 0 Å². The zero-order valence-corrected chi connectivity index (χ0v) is 14.6. The third kappa shape index (κ3) is 3.44. The van der Waals surface area contributed by atoms with Crippen LogP contribution in [-0.2, 0) is 6.42 Å². The molecule has 1 heterocycles. The molecule has 2 aromatic carbocycles. The van der Waals surface area contributed by atoms with Crippen LogP contribution in [-0.4, -0.2) is 16.7 Å². The lowest BCUT2D eigenvalue weighted by Gasteiger charge is -2.24. The molecule has 1 aliphatic carbocycles. The van der Waals surface area contributed by atoms with E-state index in [2.05, 4.69) is 10.3 Å². The molecule has 134 valence electrons. The molecule has 0 unspecified atom stereocenters. The summed E-state index contributed by atoms with van der Waals surface area (Å²) in [7, 11) is 0. The topological polar surface area (TPSA) is 79.0 Å². The Morgan fingerprint density at radius 1 is 0.926 bits per heavy atom. The Hall–Kier alpha value is -3.47. The molecule has 1 aromatic heterocycles. The van der Waals surface area contributed by atoms with Crippen LogP contribution in [0.5, 0.6) is 0 Å². The number of para-hydroxylation sites is 1. The highest BCUT2D eigenvalue weighted by Gasteiger charge is 2.28. The summed E-state index contributed by atoms with van der Waals surface area (Å²) in [5, 5.41) is 2.69. The second-order valence-corrected chi connectivity index (χ2v) is 6.66. The fourth-order valence-electron chi connectivity index (χ4n) is 3.48. The number of Topliss-reactive ketones (excluding diaryl/α,β-unsaturated/α-hetero) is 1. The second kappa shape index (κ2) is 7.03. The average Bonchev–Trinajstić information content (AvgIpc) is 2.68. The highest BCUT2D eigenvalue weighted by Crippen LogP contribution is 2.31. The van der Waals surface area contributed by atoms with Crippen molar-refractivity contribution in [3.8, 4) is 0 Å². The number of pyridine rings is 1. The fourth-order valence-corrected chi connectivity index (χ4v) is 3.48. The van der Waals surface area contributed by atoms with Crippen molar-refractivity contribution in [2.75, 3.05) is 5.32 Å². The molecule has 0 radical (unpaired) electrons. The fraction of sp³-hybridized carbons (Fsp3) is 0.136. The van der Waals surface area contributed by atoms with Crippen LogP contribution in [0.4, 0.5) is 5.69 Å². The first-order chi connectivity index (χ1) is 13.1. The van der Waals surface area contributed by atoms with Gasteiger partial charge >= 0.3 is 0 Å². The number of nitrogens with one attached hydrogen (secondary N) is 2. The van der Waals surface area contributed by atoms with Crippen LogP contribution in [0, 0.1) is 0 Å². The van der Waals surface area contributed by atoms with E-state index in [-0.39, 0.29) is 17.3 Å². The summed E-state index contributed by atoms with van der Waals surface area (Å²) in [4.78, 5) is 40.3. The zero-order valence-electron chi connectivity index (χ0n) is 14.6. The van der Waals surface area contributed by atoms with Gasteiger partial charge in [0.05, 0.1) is 0 Å². The number of rotatable bonds is 3. The quantitative estimate of drug-likeness (QED) is 0.752. The molecule has 27 heavy (non-hydrogen) atoms.